The van der Waals surface area contributed by atoms with Gasteiger partial charge in [0.15, 0.2) is 5.82 Å². The molecule has 0 radical (unpaired) electrons. The van der Waals surface area contributed by atoms with Gasteiger partial charge in [-0.3, -0.25) is 0 Å². The summed E-state index contributed by atoms with van der Waals surface area (Å²) in [4.78, 5) is 7.26. The second kappa shape index (κ2) is 5.71. The topological polar surface area (TPSA) is 69.6 Å². The molecule has 2 N–H and O–H groups in total. The second-order valence-corrected chi connectivity index (χ2v) is 4.89. The molecule has 118 valence electrons. The number of benzene rings is 1. The van der Waals surface area contributed by atoms with Crippen molar-refractivity contribution in [1.29, 1.82) is 0 Å². The van der Waals surface area contributed by atoms with Crippen LogP contribution in [0.5, 0.6) is 0 Å². The zero-order chi connectivity index (χ0) is 16.4. The maximum atomic E-state index is 12.6. The Hall–Kier alpha value is -2.90. The highest BCUT2D eigenvalue weighted by molar-refractivity contribution is 5.36. The van der Waals surface area contributed by atoms with E-state index in [9.17, 15) is 13.2 Å². The van der Waals surface area contributed by atoms with Crippen molar-refractivity contribution in [2.24, 2.45) is 0 Å². The highest BCUT2D eigenvalue weighted by atomic mass is 19.4. The molecule has 0 fully saturated rings. The lowest BCUT2D eigenvalue weighted by Gasteiger charge is -2.05. The zero-order valence-electron chi connectivity index (χ0n) is 11.8. The largest absolute Gasteiger partial charge is 0.453 e. The molecule has 2 aromatic heterocycles. The first-order chi connectivity index (χ1) is 10.9. The van der Waals surface area contributed by atoms with Crippen LogP contribution in [0.1, 0.15) is 17.0 Å². The number of pyridine rings is 1. The lowest BCUT2D eigenvalue weighted by molar-refractivity contribution is -0.144. The third-order valence-corrected chi connectivity index (χ3v) is 3.16. The highest BCUT2D eigenvalue weighted by Gasteiger charge is 2.37. The van der Waals surface area contributed by atoms with Crippen LogP contribution < -0.4 is 5.73 Å². The van der Waals surface area contributed by atoms with Crippen LogP contribution in [-0.4, -0.2) is 19.7 Å². The monoisotopic (exact) mass is 319 g/mol. The van der Waals surface area contributed by atoms with Crippen molar-refractivity contribution < 1.29 is 13.2 Å². The Bertz CT molecular complexity index is 811. The summed E-state index contributed by atoms with van der Waals surface area (Å²) in [6.45, 7) is 0. The van der Waals surface area contributed by atoms with E-state index in [2.05, 4.69) is 15.1 Å². The van der Waals surface area contributed by atoms with Crippen molar-refractivity contribution in [3.05, 3.63) is 65.6 Å². The third kappa shape index (κ3) is 3.31. The molecule has 2 heterocycles. The Morgan fingerprint density at radius 2 is 1.78 bits per heavy atom. The first-order valence-electron chi connectivity index (χ1n) is 6.72. The van der Waals surface area contributed by atoms with E-state index in [1.807, 2.05) is 30.3 Å². The molecular formula is C15H12F3N5. The average molecular weight is 319 g/mol. The summed E-state index contributed by atoms with van der Waals surface area (Å²) in [6.07, 6.45) is -2.53. The molecule has 0 aliphatic rings. The molecule has 23 heavy (non-hydrogen) atoms. The first-order valence-corrected chi connectivity index (χ1v) is 6.72. The Morgan fingerprint density at radius 1 is 1.04 bits per heavy atom. The standard InChI is InChI=1S/C15H12F3N5/c16-15(17,18)13-21-14(19)23(22-13)12-9-11(6-7-20-12)8-10-4-2-1-3-5-10/h1-7,9H,8H2,(H2,19,21,22). The van der Waals surface area contributed by atoms with Crippen molar-refractivity contribution >= 4 is 5.95 Å². The van der Waals surface area contributed by atoms with Gasteiger partial charge < -0.3 is 5.73 Å². The Balaban J connectivity index is 1.93. The molecule has 0 unspecified atom stereocenters. The van der Waals surface area contributed by atoms with E-state index in [1.165, 1.54) is 6.20 Å². The van der Waals surface area contributed by atoms with Crippen LogP contribution in [0.3, 0.4) is 0 Å². The number of aromatic nitrogens is 4. The molecule has 0 aliphatic heterocycles. The summed E-state index contributed by atoms with van der Waals surface area (Å²) in [5, 5.41) is 3.39. The predicted molar refractivity (Wildman–Crippen MR) is 77.8 cm³/mol. The SMILES string of the molecule is Nc1nc(C(F)(F)F)nn1-c1cc(Cc2ccccc2)ccn1. The van der Waals surface area contributed by atoms with E-state index in [-0.39, 0.29) is 11.8 Å². The zero-order valence-corrected chi connectivity index (χ0v) is 11.8. The number of nitrogens with zero attached hydrogens (tertiary/aromatic N) is 4. The summed E-state index contributed by atoms with van der Waals surface area (Å²) < 4.78 is 38.8. The van der Waals surface area contributed by atoms with E-state index < -0.39 is 12.0 Å². The van der Waals surface area contributed by atoms with Crippen LogP contribution in [0.2, 0.25) is 0 Å². The summed E-state index contributed by atoms with van der Waals surface area (Å²) in [7, 11) is 0. The van der Waals surface area contributed by atoms with E-state index in [4.69, 9.17) is 5.73 Å². The summed E-state index contributed by atoms with van der Waals surface area (Å²) >= 11 is 0. The number of hydrogen-bond donors (Lipinski definition) is 1. The lowest BCUT2D eigenvalue weighted by Crippen LogP contribution is -2.09. The van der Waals surface area contributed by atoms with Gasteiger partial charge in [0.1, 0.15) is 0 Å². The van der Waals surface area contributed by atoms with Crippen LogP contribution in [0.15, 0.2) is 48.7 Å². The van der Waals surface area contributed by atoms with Crippen LogP contribution >= 0.6 is 0 Å². The molecule has 0 saturated heterocycles. The second-order valence-electron chi connectivity index (χ2n) is 4.89. The van der Waals surface area contributed by atoms with Crippen molar-refractivity contribution in [2.75, 3.05) is 5.73 Å². The fourth-order valence-corrected chi connectivity index (χ4v) is 2.13. The number of alkyl halides is 3. The van der Waals surface area contributed by atoms with E-state index in [0.29, 0.717) is 6.42 Å². The summed E-state index contributed by atoms with van der Waals surface area (Å²) in [5.41, 5.74) is 7.48. The number of halogens is 3. The van der Waals surface area contributed by atoms with Gasteiger partial charge in [-0.1, -0.05) is 30.3 Å². The van der Waals surface area contributed by atoms with Gasteiger partial charge in [0.05, 0.1) is 0 Å². The molecule has 0 amide bonds. The van der Waals surface area contributed by atoms with Gasteiger partial charge in [0.25, 0.3) is 5.82 Å². The number of nitrogen functional groups attached to an aromatic ring is 1. The average Bonchev–Trinajstić information content (AvgIpc) is 2.91. The molecule has 1 aromatic carbocycles. The highest BCUT2D eigenvalue weighted by Crippen LogP contribution is 2.27. The van der Waals surface area contributed by atoms with Gasteiger partial charge in [-0.15, -0.1) is 5.10 Å². The molecule has 3 rings (SSSR count). The first kappa shape index (κ1) is 15.0. The van der Waals surface area contributed by atoms with Gasteiger partial charge in [-0.25, -0.2) is 4.98 Å². The maximum absolute atomic E-state index is 12.6. The fourth-order valence-electron chi connectivity index (χ4n) is 2.13. The minimum Gasteiger partial charge on any atom is -0.368 e. The predicted octanol–water partition coefficient (Wildman–Crippen LogP) is 2.85. The van der Waals surface area contributed by atoms with Crippen molar-refractivity contribution in [3.8, 4) is 5.82 Å². The minimum absolute atomic E-state index is 0.193. The third-order valence-electron chi connectivity index (χ3n) is 3.16. The Morgan fingerprint density at radius 3 is 2.43 bits per heavy atom. The molecule has 8 heteroatoms. The van der Waals surface area contributed by atoms with Gasteiger partial charge in [-0.05, 0) is 29.7 Å². The molecule has 0 bridgehead atoms. The number of anilines is 1. The molecular weight excluding hydrogens is 307 g/mol. The molecule has 0 atom stereocenters. The van der Waals surface area contributed by atoms with Gasteiger partial charge in [0.2, 0.25) is 5.95 Å². The van der Waals surface area contributed by atoms with Gasteiger partial charge in [0, 0.05) is 6.20 Å². The summed E-state index contributed by atoms with van der Waals surface area (Å²) in [6, 6.07) is 13.1. The van der Waals surface area contributed by atoms with Crippen molar-refractivity contribution in [2.45, 2.75) is 12.6 Å². The van der Waals surface area contributed by atoms with Crippen molar-refractivity contribution in [1.82, 2.24) is 19.7 Å². The van der Waals surface area contributed by atoms with Crippen molar-refractivity contribution in [3.63, 3.8) is 0 Å². The fraction of sp³-hybridized carbons (Fsp3) is 0.133. The smallest absolute Gasteiger partial charge is 0.368 e. The number of rotatable bonds is 3. The lowest BCUT2D eigenvalue weighted by atomic mass is 10.1. The normalized spacial score (nSPS) is 11.6. The van der Waals surface area contributed by atoms with E-state index in [0.717, 1.165) is 15.8 Å². The molecule has 5 nitrogen and oxygen atoms in total. The number of hydrogen-bond acceptors (Lipinski definition) is 4. The molecule has 0 saturated carbocycles. The maximum Gasteiger partial charge on any atom is 0.453 e. The van der Waals surface area contributed by atoms with Crippen LogP contribution in [0, 0.1) is 0 Å². The van der Waals surface area contributed by atoms with Crippen LogP contribution in [0.4, 0.5) is 19.1 Å². The minimum atomic E-state index is -4.65. The van der Waals surface area contributed by atoms with Gasteiger partial charge in [-0.2, -0.15) is 22.8 Å². The van der Waals surface area contributed by atoms with Gasteiger partial charge >= 0.3 is 6.18 Å². The van der Waals surface area contributed by atoms with E-state index in [1.54, 1.807) is 12.1 Å². The number of nitrogens with two attached hydrogens (primary N) is 1. The molecule has 3 aromatic rings. The molecule has 0 spiro atoms. The Labute approximate surface area is 129 Å². The quantitative estimate of drug-likeness (QED) is 0.806. The van der Waals surface area contributed by atoms with Crippen LogP contribution in [-0.2, 0) is 12.6 Å². The summed E-state index contributed by atoms with van der Waals surface area (Å²) in [5.74, 6) is -1.45. The van der Waals surface area contributed by atoms with Crippen LogP contribution in [0.25, 0.3) is 5.82 Å². The molecule has 0 aliphatic carbocycles. The van der Waals surface area contributed by atoms with E-state index >= 15 is 0 Å². The Kier molecular flexibility index (Phi) is 3.73.